The van der Waals surface area contributed by atoms with Gasteiger partial charge in [0, 0.05) is 30.8 Å². The number of rotatable bonds is 8. The predicted octanol–water partition coefficient (Wildman–Crippen LogP) is 6.53. The van der Waals surface area contributed by atoms with Gasteiger partial charge >= 0.3 is 5.97 Å². The highest BCUT2D eigenvalue weighted by Gasteiger charge is 2.46. The Hall–Kier alpha value is -3.12. The van der Waals surface area contributed by atoms with Crippen LogP contribution in [0.5, 0.6) is 5.75 Å². The number of hydrogen-bond donors (Lipinski definition) is 0. The fourth-order valence-corrected chi connectivity index (χ4v) is 6.86. The minimum absolute atomic E-state index is 0.0877. The predicted molar refractivity (Wildman–Crippen MR) is 152 cm³/mol. The number of esters is 1. The molecule has 5 rings (SSSR count). The van der Waals surface area contributed by atoms with E-state index in [1.165, 1.54) is 25.2 Å². The molecule has 0 N–H and O–H groups in total. The zero-order valence-electron chi connectivity index (χ0n) is 23.3. The van der Waals surface area contributed by atoms with Gasteiger partial charge < -0.3 is 19.1 Å². The van der Waals surface area contributed by atoms with Crippen LogP contribution in [0.3, 0.4) is 0 Å². The molecule has 208 valence electrons. The van der Waals surface area contributed by atoms with Crippen LogP contribution in [0.1, 0.15) is 68.9 Å². The Kier molecular flexibility index (Phi) is 8.71. The second kappa shape index (κ2) is 12.4. The summed E-state index contributed by atoms with van der Waals surface area (Å²) in [5, 5.41) is 0. The Morgan fingerprint density at radius 3 is 2.56 bits per heavy atom. The first-order valence-corrected chi connectivity index (χ1v) is 14.5. The van der Waals surface area contributed by atoms with E-state index in [-0.39, 0.29) is 17.4 Å². The second-order valence-corrected chi connectivity index (χ2v) is 11.4. The number of methoxy groups -OCH3 is 2. The van der Waals surface area contributed by atoms with E-state index in [9.17, 15) is 9.59 Å². The Morgan fingerprint density at radius 1 is 1.03 bits per heavy atom. The summed E-state index contributed by atoms with van der Waals surface area (Å²) in [6.45, 7) is 1.47. The first-order valence-electron chi connectivity index (χ1n) is 14.5. The highest BCUT2D eigenvalue weighted by atomic mass is 16.5. The number of fused-ring (bicyclic) bond motifs is 2. The molecular weight excluding hydrogens is 490 g/mol. The van der Waals surface area contributed by atoms with E-state index in [1.54, 1.807) is 13.2 Å². The number of carbonyl (C=O) groups excluding carboxylic acids is 2. The van der Waals surface area contributed by atoms with Crippen LogP contribution in [0, 0.1) is 17.8 Å². The number of carbonyl (C=O) groups is 2. The third-order valence-electron chi connectivity index (χ3n) is 9.09. The monoisotopic (exact) mass is 531 g/mol. The fourth-order valence-electron chi connectivity index (χ4n) is 6.86. The molecule has 1 saturated heterocycles. The highest BCUT2D eigenvalue weighted by molar-refractivity contribution is 5.95. The van der Waals surface area contributed by atoms with Gasteiger partial charge in [-0.15, -0.1) is 0 Å². The molecule has 1 amide bonds. The van der Waals surface area contributed by atoms with E-state index in [4.69, 9.17) is 14.2 Å². The van der Waals surface area contributed by atoms with E-state index in [2.05, 4.69) is 17.0 Å². The summed E-state index contributed by atoms with van der Waals surface area (Å²) in [6.07, 6.45) is 12.6. The molecular formula is C33H41NO5. The van der Waals surface area contributed by atoms with E-state index < -0.39 is 5.97 Å². The van der Waals surface area contributed by atoms with Crippen molar-refractivity contribution in [3.8, 4) is 5.75 Å². The van der Waals surface area contributed by atoms with Crippen LogP contribution in [-0.2, 0) is 24.7 Å². The second-order valence-electron chi connectivity index (χ2n) is 11.4. The van der Waals surface area contributed by atoms with Crippen molar-refractivity contribution in [1.29, 1.82) is 0 Å². The number of anilines is 1. The summed E-state index contributed by atoms with van der Waals surface area (Å²) >= 11 is 0. The Bertz CT molecular complexity index is 1170. The molecule has 2 bridgehead atoms. The van der Waals surface area contributed by atoms with E-state index in [0.717, 1.165) is 81.5 Å². The molecule has 3 unspecified atom stereocenters. The minimum atomic E-state index is -0.391. The normalized spacial score (nSPS) is 25.3. The Balaban J connectivity index is 1.38. The van der Waals surface area contributed by atoms with Gasteiger partial charge in [0.25, 0.3) is 0 Å². The van der Waals surface area contributed by atoms with Crippen molar-refractivity contribution in [3.05, 3.63) is 65.7 Å². The lowest BCUT2D eigenvalue weighted by Gasteiger charge is -2.49. The summed E-state index contributed by atoms with van der Waals surface area (Å²) in [5.74, 6) is 1.72. The van der Waals surface area contributed by atoms with Crippen molar-refractivity contribution in [2.45, 2.75) is 63.4 Å². The lowest BCUT2D eigenvalue weighted by atomic mass is 9.66. The van der Waals surface area contributed by atoms with Crippen LogP contribution in [0.15, 0.2) is 54.6 Å². The smallest absolute Gasteiger partial charge is 0.330 e. The molecule has 0 aromatic heterocycles. The Morgan fingerprint density at radius 2 is 1.82 bits per heavy atom. The van der Waals surface area contributed by atoms with Gasteiger partial charge in [-0.25, -0.2) is 4.79 Å². The zero-order valence-corrected chi connectivity index (χ0v) is 23.3. The van der Waals surface area contributed by atoms with Crippen molar-refractivity contribution >= 4 is 23.6 Å². The number of benzene rings is 2. The lowest BCUT2D eigenvalue weighted by molar-refractivity contribution is -0.142. The van der Waals surface area contributed by atoms with Crippen LogP contribution < -0.4 is 9.64 Å². The van der Waals surface area contributed by atoms with Crippen molar-refractivity contribution in [2.24, 2.45) is 17.8 Å². The third kappa shape index (κ3) is 6.22. The summed E-state index contributed by atoms with van der Waals surface area (Å²) in [5.41, 5.74) is 2.78. The first kappa shape index (κ1) is 27.4. The number of nitrogens with zero attached hydrogens (tertiary/aromatic N) is 1. The molecule has 0 radical (unpaired) electrons. The molecule has 2 aromatic rings. The van der Waals surface area contributed by atoms with E-state index in [1.807, 2.05) is 36.4 Å². The van der Waals surface area contributed by atoms with E-state index >= 15 is 0 Å². The van der Waals surface area contributed by atoms with Gasteiger partial charge in [-0.3, -0.25) is 4.79 Å². The molecule has 2 saturated carbocycles. The number of hydrogen-bond acceptors (Lipinski definition) is 5. The van der Waals surface area contributed by atoms with Crippen LogP contribution in [-0.4, -0.2) is 39.2 Å². The molecule has 6 heteroatoms. The van der Waals surface area contributed by atoms with Crippen LogP contribution in [0.4, 0.5) is 5.69 Å². The summed E-state index contributed by atoms with van der Waals surface area (Å²) in [4.78, 5) is 27.7. The van der Waals surface area contributed by atoms with Crippen molar-refractivity contribution in [2.75, 3.05) is 32.3 Å². The van der Waals surface area contributed by atoms with Gasteiger partial charge in [0.15, 0.2) is 0 Å². The molecule has 3 fully saturated rings. The maximum Gasteiger partial charge on any atom is 0.330 e. The van der Waals surface area contributed by atoms with Gasteiger partial charge in [-0.05, 0) is 91.8 Å². The topological polar surface area (TPSA) is 65.1 Å². The standard InChI is InChI=1S/C33H41NO5/c1-37-30-14-12-28(13-15-30)33-19-17-27(26(22-33)18-20-39-33)23-34(32(36)25-8-4-3-5-9-25)29-10-6-7-24(21-29)11-16-31(35)38-2/h6-7,10-16,21,25-27H,3-5,8-9,17-20,22-23H2,1-2H3/b16-11+. The molecule has 1 aliphatic heterocycles. The zero-order chi connectivity index (χ0) is 27.2. The van der Waals surface area contributed by atoms with Gasteiger partial charge in [0.1, 0.15) is 5.75 Å². The van der Waals surface area contributed by atoms with Crippen molar-refractivity contribution in [1.82, 2.24) is 0 Å². The van der Waals surface area contributed by atoms with Crippen LogP contribution >= 0.6 is 0 Å². The summed E-state index contributed by atoms with van der Waals surface area (Å²) in [7, 11) is 3.06. The Labute approximate surface area is 232 Å². The average molecular weight is 532 g/mol. The van der Waals surface area contributed by atoms with E-state index in [0.29, 0.717) is 11.8 Å². The van der Waals surface area contributed by atoms with Gasteiger partial charge in [0.2, 0.25) is 5.91 Å². The summed E-state index contributed by atoms with van der Waals surface area (Å²) in [6, 6.07) is 16.3. The lowest BCUT2D eigenvalue weighted by Crippen LogP contribution is -2.48. The number of ether oxygens (including phenoxy) is 3. The molecule has 3 atom stereocenters. The maximum absolute atomic E-state index is 14.0. The molecule has 6 nitrogen and oxygen atoms in total. The fraction of sp³-hybridized carbons (Fsp3) is 0.515. The third-order valence-corrected chi connectivity index (χ3v) is 9.09. The van der Waals surface area contributed by atoms with Gasteiger partial charge in [-0.2, -0.15) is 0 Å². The first-order chi connectivity index (χ1) is 19.0. The minimum Gasteiger partial charge on any atom is -0.497 e. The molecule has 2 aliphatic carbocycles. The molecule has 39 heavy (non-hydrogen) atoms. The van der Waals surface area contributed by atoms with Crippen molar-refractivity contribution < 1.29 is 23.8 Å². The maximum atomic E-state index is 14.0. The summed E-state index contributed by atoms with van der Waals surface area (Å²) < 4.78 is 16.6. The van der Waals surface area contributed by atoms with Crippen molar-refractivity contribution in [3.63, 3.8) is 0 Å². The highest BCUT2D eigenvalue weighted by Crippen LogP contribution is 2.50. The van der Waals surface area contributed by atoms with Crippen LogP contribution in [0.25, 0.3) is 6.08 Å². The quantitative estimate of drug-likeness (QED) is 0.286. The molecule has 2 aromatic carbocycles. The average Bonchev–Trinajstić information content (AvgIpc) is 3.00. The number of amides is 1. The van der Waals surface area contributed by atoms with Crippen LogP contribution in [0.2, 0.25) is 0 Å². The van der Waals surface area contributed by atoms with Gasteiger partial charge in [-0.1, -0.05) is 43.5 Å². The molecule has 3 aliphatic rings. The molecule has 1 heterocycles. The largest absolute Gasteiger partial charge is 0.497 e. The SMILES string of the molecule is COC(=O)/C=C/c1cccc(N(CC2CCC3(c4ccc(OC)cc4)CC2CCO3)C(=O)C2CCCCC2)c1. The van der Waals surface area contributed by atoms with Gasteiger partial charge in [0.05, 0.1) is 19.8 Å². The molecule has 0 spiro atoms.